The third-order valence-electron chi connectivity index (χ3n) is 4.73. The lowest BCUT2D eigenvalue weighted by Gasteiger charge is -2.22. The van der Waals surface area contributed by atoms with E-state index in [1.165, 1.54) is 29.2 Å². The monoisotopic (exact) mass is 394 g/mol. The molecule has 2 aromatic rings. The topological polar surface area (TPSA) is 91.7 Å². The van der Waals surface area contributed by atoms with Gasteiger partial charge in [-0.15, -0.1) is 11.3 Å². The van der Waals surface area contributed by atoms with Gasteiger partial charge in [-0.25, -0.2) is 9.98 Å². The minimum absolute atomic E-state index is 0.0274. The fraction of sp³-hybridized carbons (Fsp3) is 0.250. The van der Waals surface area contributed by atoms with E-state index in [-0.39, 0.29) is 18.4 Å². The smallest absolute Gasteiger partial charge is 0.262 e. The molecule has 0 bridgehead atoms. The van der Waals surface area contributed by atoms with Crippen LogP contribution in [0, 0.1) is 5.92 Å². The summed E-state index contributed by atoms with van der Waals surface area (Å²) in [5.74, 6) is -1.96. The molecule has 0 radical (unpaired) electrons. The Labute approximate surface area is 165 Å². The Bertz CT molecular complexity index is 1010. The SMILES string of the molecule is CC1Cc2ccccc2N1C(=O)Cc1csc(NC(=O)C2C=CC=NC2=O)n1. The Morgan fingerprint density at radius 1 is 1.32 bits per heavy atom. The van der Waals surface area contributed by atoms with Crippen molar-refractivity contribution in [3.8, 4) is 0 Å². The Morgan fingerprint density at radius 2 is 2.14 bits per heavy atom. The average molecular weight is 394 g/mol. The number of allylic oxidation sites excluding steroid dienone is 1. The Morgan fingerprint density at radius 3 is 2.96 bits per heavy atom. The molecule has 1 N–H and O–H groups in total. The van der Waals surface area contributed by atoms with E-state index in [0.29, 0.717) is 10.8 Å². The van der Waals surface area contributed by atoms with Crippen molar-refractivity contribution in [2.75, 3.05) is 10.2 Å². The van der Waals surface area contributed by atoms with Crippen molar-refractivity contribution in [1.82, 2.24) is 4.98 Å². The first kappa shape index (κ1) is 18.2. The Balaban J connectivity index is 1.42. The van der Waals surface area contributed by atoms with E-state index in [1.807, 2.05) is 36.1 Å². The molecule has 8 heteroatoms. The number of aliphatic imine (C=N–C) groups is 1. The van der Waals surface area contributed by atoms with E-state index in [9.17, 15) is 14.4 Å². The maximum absolute atomic E-state index is 12.8. The summed E-state index contributed by atoms with van der Waals surface area (Å²) in [6.07, 6.45) is 5.40. The van der Waals surface area contributed by atoms with Crippen LogP contribution in [0.3, 0.4) is 0 Å². The summed E-state index contributed by atoms with van der Waals surface area (Å²) < 4.78 is 0. The lowest BCUT2D eigenvalue weighted by Crippen LogP contribution is -2.36. The maximum atomic E-state index is 12.8. The molecule has 0 fully saturated rings. The molecule has 2 unspecified atom stereocenters. The number of anilines is 2. The van der Waals surface area contributed by atoms with Gasteiger partial charge in [0.25, 0.3) is 5.91 Å². The summed E-state index contributed by atoms with van der Waals surface area (Å²) in [5.41, 5.74) is 2.71. The number of hydrogen-bond acceptors (Lipinski definition) is 5. The van der Waals surface area contributed by atoms with Gasteiger partial charge >= 0.3 is 0 Å². The van der Waals surface area contributed by atoms with Crippen LogP contribution in [-0.4, -0.2) is 35.0 Å². The number of thiazole rings is 1. The van der Waals surface area contributed by atoms with Crippen molar-refractivity contribution in [3.63, 3.8) is 0 Å². The van der Waals surface area contributed by atoms with Crippen LogP contribution in [0.15, 0.2) is 46.8 Å². The maximum Gasteiger partial charge on any atom is 0.262 e. The number of dihydropyridines is 1. The zero-order valence-corrected chi connectivity index (χ0v) is 16.0. The summed E-state index contributed by atoms with van der Waals surface area (Å²) in [6.45, 7) is 2.03. The van der Waals surface area contributed by atoms with Crippen LogP contribution in [0.5, 0.6) is 0 Å². The molecule has 2 atom stereocenters. The summed E-state index contributed by atoms with van der Waals surface area (Å²) in [6, 6.07) is 8.01. The number of para-hydroxylation sites is 1. The number of benzene rings is 1. The second-order valence-corrected chi connectivity index (χ2v) is 7.59. The molecular formula is C20H18N4O3S. The number of amides is 3. The molecule has 2 aliphatic rings. The molecular weight excluding hydrogens is 376 g/mol. The summed E-state index contributed by atoms with van der Waals surface area (Å²) in [7, 11) is 0. The Hall–Kier alpha value is -3.13. The fourth-order valence-corrected chi connectivity index (χ4v) is 4.17. The summed E-state index contributed by atoms with van der Waals surface area (Å²) in [4.78, 5) is 46.5. The van der Waals surface area contributed by atoms with Crippen LogP contribution in [-0.2, 0) is 27.2 Å². The van der Waals surface area contributed by atoms with Gasteiger partial charge in [-0.2, -0.15) is 0 Å². The van der Waals surface area contributed by atoms with E-state index < -0.39 is 17.7 Å². The quantitative estimate of drug-likeness (QED) is 0.806. The molecule has 3 heterocycles. The molecule has 28 heavy (non-hydrogen) atoms. The number of nitrogens with zero attached hydrogens (tertiary/aromatic N) is 3. The molecule has 1 aromatic heterocycles. The molecule has 3 amide bonds. The molecule has 2 aliphatic heterocycles. The highest BCUT2D eigenvalue weighted by Gasteiger charge is 2.31. The van der Waals surface area contributed by atoms with Gasteiger partial charge in [-0.1, -0.05) is 24.3 Å². The fourth-order valence-electron chi connectivity index (χ4n) is 3.45. The standard InChI is InChI=1S/C20H18N4O3S/c1-12-9-13-5-2-3-7-16(13)24(12)17(25)10-14-11-28-20(22-14)23-19(27)15-6-4-8-21-18(15)26/h2-8,11-12,15H,9-10H2,1H3,(H,22,23,27). The highest BCUT2D eigenvalue weighted by molar-refractivity contribution is 7.14. The van der Waals surface area contributed by atoms with Crippen molar-refractivity contribution >= 4 is 46.1 Å². The second-order valence-electron chi connectivity index (χ2n) is 6.73. The number of fused-ring (bicyclic) bond motifs is 1. The van der Waals surface area contributed by atoms with Crippen LogP contribution in [0.1, 0.15) is 18.2 Å². The highest BCUT2D eigenvalue weighted by Crippen LogP contribution is 2.32. The molecule has 0 saturated carbocycles. The van der Waals surface area contributed by atoms with Crippen LogP contribution >= 0.6 is 11.3 Å². The molecule has 7 nitrogen and oxygen atoms in total. The normalized spacial score (nSPS) is 20.3. The lowest BCUT2D eigenvalue weighted by atomic mass is 10.1. The number of nitrogens with one attached hydrogen (secondary N) is 1. The number of carbonyl (C=O) groups excluding carboxylic acids is 3. The van der Waals surface area contributed by atoms with Gasteiger partial charge in [0.1, 0.15) is 5.92 Å². The minimum atomic E-state index is -0.944. The first-order valence-corrected chi connectivity index (χ1v) is 9.81. The van der Waals surface area contributed by atoms with Crippen LogP contribution in [0.2, 0.25) is 0 Å². The molecule has 4 rings (SSSR count). The van der Waals surface area contributed by atoms with E-state index in [4.69, 9.17) is 0 Å². The number of hydrogen-bond donors (Lipinski definition) is 1. The predicted octanol–water partition coefficient (Wildman–Crippen LogP) is 2.39. The third-order valence-corrected chi connectivity index (χ3v) is 5.54. The summed E-state index contributed by atoms with van der Waals surface area (Å²) in [5, 5.41) is 4.73. The van der Waals surface area contributed by atoms with Gasteiger partial charge in [0, 0.05) is 23.3 Å². The first-order chi connectivity index (χ1) is 13.5. The van der Waals surface area contributed by atoms with E-state index in [2.05, 4.69) is 15.3 Å². The van der Waals surface area contributed by atoms with Gasteiger partial charge < -0.3 is 10.2 Å². The third kappa shape index (κ3) is 3.50. The van der Waals surface area contributed by atoms with Crippen LogP contribution in [0.4, 0.5) is 10.8 Å². The van der Waals surface area contributed by atoms with Gasteiger partial charge in [0.2, 0.25) is 11.8 Å². The number of carbonyl (C=O) groups is 3. The van der Waals surface area contributed by atoms with Gasteiger partial charge in [0.05, 0.1) is 12.1 Å². The zero-order chi connectivity index (χ0) is 19.7. The number of aromatic nitrogens is 1. The van der Waals surface area contributed by atoms with Gasteiger partial charge in [0.15, 0.2) is 5.13 Å². The molecule has 0 spiro atoms. The lowest BCUT2D eigenvalue weighted by molar-refractivity contribution is -0.128. The van der Waals surface area contributed by atoms with Crippen molar-refractivity contribution in [1.29, 1.82) is 0 Å². The average Bonchev–Trinajstić information content (AvgIpc) is 3.24. The predicted molar refractivity (Wildman–Crippen MR) is 108 cm³/mol. The Kier molecular flexibility index (Phi) is 4.87. The summed E-state index contributed by atoms with van der Waals surface area (Å²) >= 11 is 1.23. The second kappa shape index (κ2) is 7.47. The minimum Gasteiger partial charge on any atom is -0.309 e. The van der Waals surface area contributed by atoms with E-state index in [0.717, 1.165) is 12.1 Å². The number of rotatable bonds is 4. The van der Waals surface area contributed by atoms with Gasteiger partial charge in [-0.3, -0.25) is 14.4 Å². The molecule has 142 valence electrons. The first-order valence-electron chi connectivity index (χ1n) is 8.93. The van der Waals surface area contributed by atoms with Gasteiger partial charge in [-0.05, 0) is 31.1 Å². The van der Waals surface area contributed by atoms with Crippen molar-refractivity contribution < 1.29 is 14.4 Å². The molecule has 0 saturated heterocycles. The van der Waals surface area contributed by atoms with Crippen molar-refractivity contribution in [3.05, 3.63) is 53.1 Å². The van der Waals surface area contributed by atoms with Crippen LogP contribution < -0.4 is 10.2 Å². The zero-order valence-electron chi connectivity index (χ0n) is 15.2. The highest BCUT2D eigenvalue weighted by atomic mass is 32.1. The van der Waals surface area contributed by atoms with Crippen molar-refractivity contribution in [2.24, 2.45) is 10.9 Å². The molecule has 0 aliphatic carbocycles. The van der Waals surface area contributed by atoms with Crippen molar-refractivity contribution in [2.45, 2.75) is 25.8 Å². The van der Waals surface area contributed by atoms with Crippen LogP contribution in [0.25, 0.3) is 0 Å². The van der Waals surface area contributed by atoms with E-state index in [1.54, 1.807) is 11.5 Å². The van der Waals surface area contributed by atoms with E-state index >= 15 is 0 Å². The largest absolute Gasteiger partial charge is 0.309 e. The molecule has 1 aromatic carbocycles.